The van der Waals surface area contributed by atoms with E-state index in [-0.39, 0.29) is 66.1 Å². The molecule has 3 N–H and O–H groups in total. The Bertz CT molecular complexity index is 1460. The van der Waals surface area contributed by atoms with Gasteiger partial charge >= 0.3 is 0 Å². The second kappa shape index (κ2) is 17.3. The molecular formula is C33H44N6O5S2. The van der Waals surface area contributed by atoms with E-state index in [9.17, 15) is 19.2 Å². The van der Waals surface area contributed by atoms with E-state index >= 15 is 0 Å². The second-order valence-electron chi connectivity index (χ2n) is 12.1. The van der Waals surface area contributed by atoms with Crippen LogP contribution in [0.1, 0.15) is 102 Å². The summed E-state index contributed by atoms with van der Waals surface area (Å²) in [6.07, 6.45) is 2.28. The molecule has 0 spiro atoms. The quantitative estimate of drug-likeness (QED) is 0.332. The van der Waals surface area contributed by atoms with Gasteiger partial charge in [-0.1, -0.05) is 44.2 Å². The van der Waals surface area contributed by atoms with Gasteiger partial charge in [-0.3, -0.25) is 19.2 Å². The van der Waals surface area contributed by atoms with Crippen LogP contribution in [0, 0.1) is 5.92 Å². The van der Waals surface area contributed by atoms with E-state index in [0.717, 1.165) is 5.56 Å². The lowest BCUT2D eigenvalue weighted by Gasteiger charge is -2.24. The molecule has 0 saturated heterocycles. The number of nitrogens with zero attached hydrogens (tertiary/aromatic N) is 3. The zero-order valence-electron chi connectivity index (χ0n) is 26.9. The molecule has 1 aliphatic heterocycles. The van der Waals surface area contributed by atoms with Crippen LogP contribution >= 0.6 is 22.7 Å². The predicted octanol–water partition coefficient (Wildman–Crippen LogP) is 4.68. The number of thiazole rings is 2. The van der Waals surface area contributed by atoms with Gasteiger partial charge in [0.15, 0.2) is 0 Å². The molecule has 2 aromatic heterocycles. The molecule has 46 heavy (non-hydrogen) atoms. The molecule has 1 aliphatic rings. The van der Waals surface area contributed by atoms with Gasteiger partial charge in [-0.15, -0.1) is 22.7 Å². The molecule has 0 saturated carbocycles. The largest absolute Gasteiger partial charge is 0.369 e. The number of aromatic nitrogens is 2. The maximum absolute atomic E-state index is 13.5. The number of nitrogens with one attached hydrogen (secondary N) is 3. The smallest absolute Gasteiger partial charge is 0.271 e. The molecule has 0 aliphatic carbocycles. The number of hydrogen-bond acceptors (Lipinski definition) is 9. The Morgan fingerprint density at radius 2 is 1.57 bits per heavy atom. The van der Waals surface area contributed by atoms with Gasteiger partial charge in [0.25, 0.3) is 11.8 Å². The SMILES string of the molecule is CC(C)C[C@@H]1NC(=O)CCCN(C(=O)COC(C)C)CCCNC(=O)c2csc(n2)[C@H](Cc2ccccc2)NC(=O)c2csc1n2. The zero-order chi connectivity index (χ0) is 33.1. The lowest BCUT2D eigenvalue weighted by atomic mass is 10.0. The van der Waals surface area contributed by atoms with E-state index in [2.05, 4.69) is 39.8 Å². The summed E-state index contributed by atoms with van der Waals surface area (Å²) in [7, 11) is 0. The van der Waals surface area contributed by atoms with Crippen molar-refractivity contribution >= 4 is 46.3 Å². The summed E-state index contributed by atoms with van der Waals surface area (Å²) >= 11 is 2.65. The van der Waals surface area contributed by atoms with Crippen LogP contribution in [0.15, 0.2) is 41.1 Å². The van der Waals surface area contributed by atoms with Crippen LogP contribution in [0.2, 0.25) is 0 Å². The molecule has 4 amide bonds. The Kier molecular flexibility index (Phi) is 13.2. The third kappa shape index (κ3) is 10.7. The van der Waals surface area contributed by atoms with Crippen LogP contribution in [0.25, 0.3) is 0 Å². The van der Waals surface area contributed by atoms with Crippen LogP contribution in [0.5, 0.6) is 0 Å². The molecule has 1 aromatic carbocycles. The topological polar surface area (TPSA) is 143 Å². The van der Waals surface area contributed by atoms with Crippen molar-refractivity contribution in [3.8, 4) is 0 Å². The Hall–Kier alpha value is -3.68. The highest BCUT2D eigenvalue weighted by Crippen LogP contribution is 2.27. The lowest BCUT2D eigenvalue weighted by molar-refractivity contribution is -0.138. The first-order chi connectivity index (χ1) is 22.1. The molecule has 0 unspecified atom stereocenters. The van der Waals surface area contributed by atoms with E-state index in [1.165, 1.54) is 22.7 Å². The monoisotopic (exact) mass is 668 g/mol. The average molecular weight is 669 g/mol. The van der Waals surface area contributed by atoms with Crippen LogP contribution in [0.4, 0.5) is 0 Å². The molecule has 248 valence electrons. The summed E-state index contributed by atoms with van der Waals surface area (Å²) in [4.78, 5) is 63.5. The van der Waals surface area contributed by atoms with Crippen LogP contribution in [0.3, 0.4) is 0 Å². The number of carbonyl (C=O) groups excluding carboxylic acids is 4. The van der Waals surface area contributed by atoms with E-state index in [4.69, 9.17) is 4.74 Å². The van der Waals surface area contributed by atoms with Crippen LogP contribution in [-0.4, -0.2) is 70.8 Å². The molecule has 0 fully saturated rings. The lowest BCUT2D eigenvalue weighted by Crippen LogP contribution is -2.38. The van der Waals surface area contributed by atoms with Gasteiger partial charge in [0.05, 0.1) is 18.2 Å². The summed E-state index contributed by atoms with van der Waals surface area (Å²) in [5.41, 5.74) is 1.55. The maximum Gasteiger partial charge on any atom is 0.271 e. The fraction of sp³-hybridized carbons (Fsp3) is 0.515. The van der Waals surface area contributed by atoms with Crippen molar-refractivity contribution in [2.75, 3.05) is 26.2 Å². The van der Waals surface area contributed by atoms with Crippen molar-refractivity contribution in [1.82, 2.24) is 30.8 Å². The predicted molar refractivity (Wildman–Crippen MR) is 179 cm³/mol. The molecule has 11 nitrogen and oxygen atoms in total. The van der Waals surface area contributed by atoms with Crippen molar-refractivity contribution in [1.29, 1.82) is 0 Å². The third-order valence-electron chi connectivity index (χ3n) is 7.35. The van der Waals surface area contributed by atoms with Gasteiger partial charge in [0, 0.05) is 36.8 Å². The number of benzene rings is 1. The fourth-order valence-electron chi connectivity index (χ4n) is 5.03. The van der Waals surface area contributed by atoms with Gasteiger partial charge < -0.3 is 25.6 Å². The first-order valence-corrected chi connectivity index (χ1v) is 17.6. The number of amides is 4. The van der Waals surface area contributed by atoms with Gasteiger partial charge in [-0.2, -0.15) is 0 Å². The summed E-state index contributed by atoms with van der Waals surface area (Å²) in [5.74, 6) is -0.691. The highest BCUT2D eigenvalue weighted by atomic mass is 32.1. The van der Waals surface area contributed by atoms with E-state index in [1.54, 1.807) is 15.7 Å². The minimum atomic E-state index is -0.487. The standard InChI is InChI=1S/C33H44N6O5S2/c1-21(2)16-24-32-38-27(20-46-32)31(43)36-25(17-23-10-6-5-7-11-23)33-37-26(19-45-33)30(42)34-13-9-15-39(14-8-12-28(40)35-24)29(41)18-44-22(3)4/h5-7,10-11,19-22,24-25H,8-9,12-18H2,1-4H3,(H,34,42)(H,35,40)(H,36,43)/t24-,25-/m0/s1. The maximum atomic E-state index is 13.5. The summed E-state index contributed by atoms with van der Waals surface area (Å²) in [6.45, 7) is 8.99. The first kappa shape index (κ1) is 35.2. The Balaban J connectivity index is 1.60. The number of fused-ring (bicyclic) bond motifs is 4. The van der Waals surface area contributed by atoms with E-state index in [1.807, 2.05) is 44.2 Å². The second-order valence-corrected chi connectivity index (χ2v) is 13.8. The minimum Gasteiger partial charge on any atom is -0.369 e. The van der Waals surface area contributed by atoms with E-state index < -0.39 is 6.04 Å². The van der Waals surface area contributed by atoms with E-state index in [0.29, 0.717) is 55.3 Å². The third-order valence-corrected chi connectivity index (χ3v) is 9.27. The highest BCUT2D eigenvalue weighted by molar-refractivity contribution is 7.10. The summed E-state index contributed by atoms with van der Waals surface area (Å²) in [5, 5.41) is 13.8. The highest BCUT2D eigenvalue weighted by Gasteiger charge is 2.25. The number of ether oxygens (including phenoxy) is 1. The van der Waals surface area contributed by atoms with Crippen LogP contribution in [-0.2, 0) is 20.7 Å². The summed E-state index contributed by atoms with van der Waals surface area (Å²) in [6, 6.07) is 8.94. The molecule has 3 aromatic rings. The molecule has 4 bridgehead atoms. The Morgan fingerprint density at radius 1 is 0.913 bits per heavy atom. The average Bonchev–Trinajstić information content (AvgIpc) is 3.71. The number of carbonyl (C=O) groups is 4. The molecule has 4 rings (SSSR count). The van der Waals surface area contributed by atoms with Crippen LogP contribution < -0.4 is 16.0 Å². The normalized spacial score (nSPS) is 18.9. The fourth-order valence-corrected chi connectivity index (χ4v) is 6.74. The number of hydrogen-bond donors (Lipinski definition) is 3. The van der Waals surface area contributed by atoms with Gasteiger partial charge in [0.2, 0.25) is 11.8 Å². The van der Waals surface area contributed by atoms with Crippen molar-refractivity contribution in [2.45, 2.75) is 78.0 Å². The van der Waals surface area contributed by atoms with Crippen molar-refractivity contribution in [3.63, 3.8) is 0 Å². The first-order valence-electron chi connectivity index (χ1n) is 15.8. The zero-order valence-corrected chi connectivity index (χ0v) is 28.5. The van der Waals surface area contributed by atoms with Crippen molar-refractivity contribution in [3.05, 3.63) is 68.1 Å². The van der Waals surface area contributed by atoms with Crippen molar-refractivity contribution in [2.24, 2.45) is 5.92 Å². The summed E-state index contributed by atoms with van der Waals surface area (Å²) < 4.78 is 5.54. The molecule has 3 heterocycles. The van der Waals surface area contributed by atoms with Gasteiger partial charge in [0.1, 0.15) is 28.0 Å². The molecule has 0 radical (unpaired) electrons. The molecule has 13 heteroatoms. The Labute approximate surface area is 278 Å². The van der Waals surface area contributed by atoms with Gasteiger partial charge in [-0.25, -0.2) is 9.97 Å². The van der Waals surface area contributed by atoms with Crippen molar-refractivity contribution < 1.29 is 23.9 Å². The number of rotatable bonds is 7. The Morgan fingerprint density at radius 3 is 2.24 bits per heavy atom. The molecular weight excluding hydrogens is 625 g/mol. The van der Waals surface area contributed by atoms with Gasteiger partial charge in [-0.05, 0) is 51.0 Å². The molecule has 2 atom stereocenters. The minimum absolute atomic E-state index is 0.0441.